The van der Waals surface area contributed by atoms with E-state index in [9.17, 15) is 13.9 Å². The normalized spacial score (nSPS) is 18.3. The molecule has 76 valence electrons. The highest BCUT2D eigenvalue weighted by Gasteiger charge is 2.46. The van der Waals surface area contributed by atoms with Crippen LogP contribution in [0.5, 0.6) is 0 Å². The fourth-order valence-electron chi connectivity index (χ4n) is 1.49. The van der Waals surface area contributed by atoms with Crippen LogP contribution in [0.3, 0.4) is 0 Å². The first-order valence-electron chi connectivity index (χ1n) is 4.33. The molecule has 0 spiro atoms. The molecule has 0 atom stereocenters. The Morgan fingerprint density at radius 1 is 1.36 bits per heavy atom. The van der Waals surface area contributed by atoms with Gasteiger partial charge >= 0.3 is 0 Å². The third-order valence-electron chi connectivity index (χ3n) is 2.46. The lowest BCUT2D eigenvalue weighted by Crippen LogP contribution is -2.11. The highest BCUT2D eigenvalue weighted by molar-refractivity contribution is 7.98. The van der Waals surface area contributed by atoms with E-state index in [1.165, 1.54) is 23.9 Å². The molecule has 1 aromatic rings. The van der Waals surface area contributed by atoms with E-state index in [1.54, 1.807) is 6.26 Å². The molecule has 0 aromatic heterocycles. The van der Waals surface area contributed by atoms with E-state index in [-0.39, 0.29) is 5.56 Å². The van der Waals surface area contributed by atoms with Crippen LogP contribution in [0.2, 0.25) is 0 Å². The first kappa shape index (κ1) is 9.93. The van der Waals surface area contributed by atoms with Gasteiger partial charge in [0.2, 0.25) is 0 Å². The van der Waals surface area contributed by atoms with Gasteiger partial charge in [0.25, 0.3) is 0 Å². The van der Waals surface area contributed by atoms with Crippen molar-refractivity contribution in [3.63, 3.8) is 0 Å². The van der Waals surface area contributed by atoms with Crippen LogP contribution in [0, 0.1) is 11.6 Å². The summed E-state index contributed by atoms with van der Waals surface area (Å²) in [7, 11) is 0. The molecule has 2 rings (SSSR count). The van der Waals surface area contributed by atoms with Gasteiger partial charge in [0.05, 0.1) is 11.2 Å². The highest BCUT2D eigenvalue weighted by atomic mass is 32.2. The average molecular weight is 216 g/mol. The van der Waals surface area contributed by atoms with Crippen molar-refractivity contribution >= 4 is 11.8 Å². The smallest absolute Gasteiger partial charge is 0.145 e. The number of hydrogen-bond donors (Lipinski definition) is 1. The fourth-order valence-corrected chi connectivity index (χ4v) is 1.97. The van der Waals surface area contributed by atoms with Crippen molar-refractivity contribution in [2.24, 2.45) is 0 Å². The van der Waals surface area contributed by atoms with Crippen molar-refractivity contribution in [1.82, 2.24) is 0 Å². The topological polar surface area (TPSA) is 20.2 Å². The molecule has 1 aromatic carbocycles. The van der Waals surface area contributed by atoms with Crippen molar-refractivity contribution in [3.8, 4) is 0 Å². The molecule has 1 fully saturated rings. The van der Waals surface area contributed by atoms with Crippen LogP contribution in [-0.2, 0) is 5.60 Å². The highest BCUT2D eigenvalue weighted by Crippen LogP contribution is 2.48. The van der Waals surface area contributed by atoms with E-state index in [0.717, 1.165) is 0 Å². The Labute approximate surface area is 85.1 Å². The lowest BCUT2D eigenvalue weighted by atomic mass is 10.1. The molecule has 14 heavy (non-hydrogen) atoms. The number of rotatable bonds is 2. The van der Waals surface area contributed by atoms with Gasteiger partial charge in [-0.2, -0.15) is 0 Å². The monoisotopic (exact) mass is 216 g/mol. The summed E-state index contributed by atoms with van der Waals surface area (Å²) in [5, 5.41) is 9.69. The maximum absolute atomic E-state index is 13.6. The van der Waals surface area contributed by atoms with Gasteiger partial charge in [0, 0.05) is 4.90 Å². The maximum atomic E-state index is 13.6. The van der Waals surface area contributed by atoms with Crippen molar-refractivity contribution in [2.45, 2.75) is 23.3 Å². The minimum Gasteiger partial charge on any atom is -0.385 e. The summed E-state index contributed by atoms with van der Waals surface area (Å²) in [4.78, 5) is 0.377. The van der Waals surface area contributed by atoms with Gasteiger partial charge in [0.1, 0.15) is 11.6 Å². The SMILES string of the molecule is CSc1ccc(F)c(C2(O)CC2)c1F. The van der Waals surface area contributed by atoms with Crippen LogP contribution in [0.4, 0.5) is 8.78 Å². The molecule has 1 N–H and O–H groups in total. The van der Waals surface area contributed by atoms with Gasteiger partial charge in [0.15, 0.2) is 0 Å². The summed E-state index contributed by atoms with van der Waals surface area (Å²) < 4.78 is 26.9. The lowest BCUT2D eigenvalue weighted by molar-refractivity contribution is 0.141. The summed E-state index contributed by atoms with van der Waals surface area (Å²) >= 11 is 1.21. The zero-order chi connectivity index (χ0) is 10.3. The van der Waals surface area contributed by atoms with E-state index in [0.29, 0.717) is 17.7 Å². The zero-order valence-corrected chi connectivity index (χ0v) is 8.50. The van der Waals surface area contributed by atoms with E-state index in [4.69, 9.17) is 0 Å². The van der Waals surface area contributed by atoms with Crippen LogP contribution in [0.25, 0.3) is 0 Å². The predicted molar refractivity (Wildman–Crippen MR) is 51.3 cm³/mol. The van der Waals surface area contributed by atoms with Gasteiger partial charge in [-0.3, -0.25) is 0 Å². The number of aliphatic hydroxyl groups is 1. The average Bonchev–Trinajstić information content (AvgIpc) is 2.85. The molecule has 4 heteroatoms. The molecule has 0 saturated heterocycles. The number of thioether (sulfide) groups is 1. The third-order valence-corrected chi connectivity index (χ3v) is 3.22. The van der Waals surface area contributed by atoms with Crippen molar-refractivity contribution < 1.29 is 13.9 Å². The molecular formula is C10H10F2OS. The van der Waals surface area contributed by atoms with Gasteiger partial charge in [-0.15, -0.1) is 11.8 Å². The summed E-state index contributed by atoms with van der Waals surface area (Å²) in [6.07, 6.45) is 2.61. The van der Waals surface area contributed by atoms with Crippen LogP contribution in [-0.4, -0.2) is 11.4 Å². The van der Waals surface area contributed by atoms with Crippen LogP contribution in [0.15, 0.2) is 17.0 Å². The Hall–Kier alpha value is -0.610. The van der Waals surface area contributed by atoms with Crippen molar-refractivity contribution in [2.75, 3.05) is 6.26 Å². The van der Waals surface area contributed by atoms with Crippen LogP contribution < -0.4 is 0 Å². The fraction of sp³-hybridized carbons (Fsp3) is 0.400. The van der Waals surface area contributed by atoms with E-state index in [2.05, 4.69) is 0 Å². The van der Waals surface area contributed by atoms with Crippen molar-refractivity contribution in [3.05, 3.63) is 29.3 Å². The molecule has 0 unspecified atom stereocenters. The minimum absolute atomic E-state index is 0.163. The van der Waals surface area contributed by atoms with Gasteiger partial charge in [-0.05, 0) is 31.2 Å². The van der Waals surface area contributed by atoms with Crippen LogP contribution >= 0.6 is 11.8 Å². The molecule has 0 bridgehead atoms. The summed E-state index contributed by atoms with van der Waals surface area (Å²) in [5.74, 6) is -1.27. The Balaban J connectivity index is 2.56. The van der Waals surface area contributed by atoms with Gasteiger partial charge in [-0.25, -0.2) is 8.78 Å². The second kappa shape index (κ2) is 3.21. The molecule has 1 aliphatic rings. The number of halogens is 2. The molecule has 1 aliphatic carbocycles. The molecular weight excluding hydrogens is 206 g/mol. The summed E-state index contributed by atoms with van der Waals surface area (Å²) in [5.41, 5.74) is -1.41. The molecule has 0 aliphatic heterocycles. The molecule has 0 amide bonds. The van der Waals surface area contributed by atoms with Gasteiger partial charge in [-0.1, -0.05) is 0 Å². The Morgan fingerprint density at radius 2 is 2.00 bits per heavy atom. The van der Waals surface area contributed by atoms with Gasteiger partial charge < -0.3 is 5.11 Å². The number of hydrogen-bond acceptors (Lipinski definition) is 2. The quantitative estimate of drug-likeness (QED) is 0.767. The van der Waals surface area contributed by atoms with E-state index >= 15 is 0 Å². The third kappa shape index (κ3) is 1.42. The van der Waals surface area contributed by atoms with Crippen LogP contribution in [0.1, 0.15) is 18.4 Å². The largest absolute Gasteiger partial charge is 0.385 e. The molecule has 0 radical (unpaired) electrons. The first-order chi connectivity index (χ1) is 6.58. The molecule has 1 nitrogen and oxygen atoms in total. The Kier molecular flexibility index (Phi) is 2.27. The molecule has 0 heterocycles. The van der Waals surface area contributed by atoms with E-state index in [1.807, 2.05) is 0 Å². The van der Waals surface area contributed by atoms with E-state index < -0.39 is 17.2 Å². The Morgan fingerprint density at radius 3 is 2.50 bits per heavy atom. The second-order valence-electron chi connectivity index (χ2n) is 3.47. The summed E-state index contributed by atoms with van der Waals surface area (Å²) in [6.45, 7) is 0. The first-order valence-corrected chi connectivity index (χ1v) is 5.56. The second-order valence-corrected chi connectivity index (χ2v) is 4.32. The summed E-state index contributed by atoms with van der Waals surface area (Å²) in [6, 6.07) is 2.60. The molecule has 1 saturated carbocycles. The maximum Gasteiger partial charge on any atom is 0.145 e. The Bertz CT molecular complexity index is 375. The number of benzene rings is 1. The van der Waals surface area contributed by atoms with Crippen molar-refractivity contribution in [1.29, 1.82) is 0 Å². The lowest BCUT2D eigenvalue weighted by Gasteiger charge is -2.12. The minimum atomic E-state index is -1.25. The zero-order valence-electron chi connectivity index (χ0n) is 7.68. The standard InChI is InChI=1S/C10H10F2OS/c1-14-7-3-2-6(11)8(9(7)12)10(13)4-5-10/h2-3,13H,4-5H2,1H3. The predicted octanol–water partition coefficient (Wildman–Crippen LogP) is 2.67.